The molecule has 4 heterocycles. The number of nitrogens with zero attached hydrogens (tertiary/aromatic N) is 2. The summed E-state index contributed by atoms with van der Waals surface area (Å²) in [5.41, 5.74) is 3.90. The first kappa shape index (κ1) is 16.2. The maximum absolute atomic E-state index is 12.7. The monoisotopic (exact) mass is 368 g/mol. The molecule has 0 aliphatic carbocycles. The Morgan fingerprint density at radius 1 is 1.26 bits per heavy atom. The van der Waals surface area contributed by atoms with E-state index in [1.54, 1.807) is 0 Å². The van der Waals surface area contributed by atoms with Gasteiger partial charge >= 0.3 is 0 Å². The van der Waals surface area contributed by atoms with E-state index in [9.17, 15) is 9.59 Å². The van der Waals surface area contributed by atoms with Crippen LogP contribution in [0.2, 0.25) is 0 Å². The van der Waals surface area contributed by atoms with E-state index in [1.165, 1.54) is 0 Å². The van der Waals surface area contributed by atoms with Crippen molar-refractivity contribution in [3.05, 3.63) is 29.5 Å². The van der Waals surface area contributed by atoms with Crippen molar-refractivity contribution < 1.29 is 19.1 Å². The summed E-state index contributed by atoms with van der Waals surface area (Å²) in [5.74, 6) is 1.56. The number of aromatic nitrogens is 2. The van der Waals surface area contributed by atoms with E-state index in [2.05, 4.69) is 15.5 Å². The third-order valence-electron chi connectivity index (χ3n) is 5.44. The summed E-state index contributed by atoms with van der Waals surface area (Å²) in [6.45, 7) is 1.42. The summed E-state index contributed by atoms with van der Waals surface area (Å²) in [4.78, 5) is 25.9. The number of H-pyrrole nitrogens is 1. The number of carbonyl (C=O) groups is 2. The molecule has 1 atom stereocenters. The lowest BCUT2D eigenvalue weighted by Gasteiger charge is -2.28. The van der Waals surface area contributed by atoms with Crippen LogP contribution in [0.25, 0.3) is 11.3 Å². The predicted octanol–water partition coefficient (Wildman–Crippen LogP) is 1.36. The van der Waals surface area contributed by atoms with Crippen LogP contribution in [0.3, 0.4) is 0 Å². The van der Waals surface area contributed by atoms with Crippen LogP contribution < -0.4 is 14.8 Å². The van der Waals surface area contributed by atoms with E-state index in [0.29, 0.717) is 31.7 Å². The molecule has 1 aromatic carbocycles. The molecule has 8 heteroatoms. The Morgan fingerprint density at radius 3 is 3.00 bits per heavy atom. The maximum atomic E-state index is 12.7. The first-order chi connectivity index (χ1) is 13.2. The summed E-state index contributed by atoms with van der Waals surface area (Å²) in [5, 5.41) is 10.5. The average molecular weight is 368 g/mol. The average Bonchev–Trinajstić information content (AvgIpc) is 3.39. The second-order valence-electron chi connectivity index (χ2n) is 7.17. The number of aromatic amines is 1. The molecular weight excluding hydrogens is 348 g/mol. The van der Waals surface area contributed by atoms with Crippen molar-refractivity contribution in [1.82, 2.24) is 20.4 Å². The molecule has 1 fully saturated rings. The highest BCUT2D eigenvalue weighted by atomic mass is 16.7. The van der Waals surface area contributed by atoms with Gasteiger partial charge in [-0.1, -0.05) is 0 Å². The van der Waals surface area contributed by atoms with Gasteiger partial charge in [0.2, 0.25) is 18.6 Å². The van der Waals surface area contributed by atoms with Crippen LogP contribution in [-0.4, -0.2) is 46.3 Å². The number of amides is 2. The second-order valence-corrected chi connectivity index (χ2v) is 7.17. The van der Waals surface area contributed by atoms with Crippen LogP contribution in [0.5, 0.6) is 11.5 Å². The molecule has 3 aliphatic heterocycles. The van der Waals surface area contributed by atoms with Gasteiger partial charge in [-0.25, -0.2) is 0 Å². The minimum atomic E-state index is -0.0379. The lowest BCUT2D eigenvalue weighted by atomic mass is 10.00. The molecule has 3 aliphatic rings. The van der Waals surface area contributed by atoms with E-state index in [0.717, 1.165) is 41.1 Å². The molecule has 2 aromatic rings. The van der Waals surface area contributed by atoms with E-state index in [-0.39, 0.29) is 24.6 Å². The van der Waals surface area contributed by atoms with Gasteiger partial charge in [-0.2, -0.15) is 5.10 Å². The topological polar surface area (TPSA) is 96.6 Å². The highest BCUT2D eigenvalue weighted by molar-refractivity contribution is 5.82. The molecule has 2 N–H and O–H groups in total. The van der Waals surface area contributed by atoms with Crippen molar-refractivity contribution in [2.24, 2.45) is 0 Å². The molecule has 2 amide bonds. The standard InChI is InChI=1S/C19H20N4O4/c24-17-4-2-12(20-17)8-18(25)23-6-5-14-13(9-23)19(22-21-14)11-1-3-15-16(7-11)27-10-26-15/h1,3,7,12H,2,4-6,8-10H2,(H,20,24)(H,21,22)/t12-/m1/s1. The van der Waals surface area contributed by atoms with Gasteiger partial charge in [0, 0.05) is 55.2 Å². The Hall–Kier alpha value is -3.03. The summed E-state index contributed by atoms with van der Waals surface area (Å²) in [7, 11) is 0. The minimum Gasteiger partial charge on any atom is -0.454 e. The number of rotatable bonds is 3. The van der Waals surface area contributed by atoms with Gasteiger partial charge in [-0.3, -0.25) is 14.7 Å². The summed E-state index contributed by atoms with van der Waals surface area (Å²) in [6, 6.07) is 5.73. The van der Waals surface area contributed by atoms with Crippen LogP contribution in [0.4, 0.5) is 0 Å². The van der Waals surface area contributed by atoms with Gasteiger partial charge in [0.25, 0.3) is 0 Å². The molecule has 5 rings (SSSR count). The number of hydrogen-bond donors (Lipinski definition) is 2. The molecule has 27 heavy (non-hydrogen) atoms. The van der Waals surface area contributed by atoms with E-state index in [4.69, 9.17) is 9.47 Å². The molecular formula is C19H20N4O4. The molecule has 1 aromatic heterocycles. The first-order valence-corrected chi connectivity index (χ1v) is 9.20. The van der Waals surface area contributed by atoms with E-state index in [1.807, 2.05) is 23.1 Å². The molecule has 0 spiro atoms. The van der Waals surface area contributed by atoms with Crippen LogP contribution in [0.15, 0.2) is 18.2 Å². The summed E-state index contributed by atoms with van der Waals surface area (Å²) in [6.07, 6.45) is 2.35. The lowest BCUT2D eigenvalue weighted by molar-refractivity contribution is -0.132. The fraction of sp³-hybridized carbons (Fsp3) is 0.421. The predicted molar refractivity (Wildman–Crippen MR) is 95.0 cm³/mol. The van der Waals surface area contributed by atoms with Crippen LogP contribution in [-0.2, 0) is 22.6 Å². The van der Waals surface area contributed by atoms with Gasteiger partial charge in [0.1, 0.15) is 0 Å². The molecule has 0 radical (unpaired) electrons. The Morgan fingerprint density at radius 2 is 2.15 bits per heavy atom. The zero-order chi connectivity index (χ0) is 18.4. The third-order valence-corrected chi connectivity index (χ3v) is 5.44. The molecule has 1 saturated heterocycles. The smallest absolute Gasteiger partial charge is 0.231 e. The lowest BCUT2D eigenvalue weighted by Crippen LogP contribution is -2.39. The normalized spacial score (nSPS) is 20.5. The summed E-state index contributed by atoms with van der Waals surface area (Å²) < 4.78 is 10.8. The minimum absolute atomic E-state index is 0.0358. The molecule has 0 unspecified atom stereocenters. The van der Waals surface area contributed by atoms with Gasteiger partial charge in [-0.05, 0) is 24.6 Å². The fourth-order valence-corrected chi connectivity index (χ4v) is 3.96. The number of ether oxygens (including phenoxy) is 2. The summed E-state index contributed by atoms with van der Waals surface area (Å²) >= 11 is 0. The number of fused-ring (bicyclic) bond motifs is 2. The van der Waals surface area contributed by atoms with E-state index < -0.39 is 0 Å². The Bertz CT molecular complexity index is 922. The molecule has 0 saturated carbocycles. The van der Waals surface area contributed by atoms with Crippen molar-refractivity contribution in [2.75, 3.05) is 13.3 Å². The SMILES string of the molecule is O=C1CC[C@H](CC(=O)N2CCc3[nH]nc(-c4ccc5c(c4)OCO5)c3C2)N1. The van der Waals surface area contributed by atoms with Gasteiger partial charge in [-0.15, -0.1) is 0 Å². The van der Waals surface area contributed by atoms with Crippen LogP contribution in [0, 0.1) is 0 Å². The van der Waals surface area contributed by atoms with Gasteiger partial charge in [0.05, 0.1) is 5.69 Å². The van der Waals surface area contributed by atoms with Crippen LogP contribution in [0.1, 0.15) is 30.5 Å². The Kier molecular flexibility index (Phi) is 3.77. The number of hydrogen-bond acceptors (Lipinski definition) is 5. The zero-order valence-corrected chi connectivity index (χ0v) is 14.8. The third kappa shape index (κ3) is 2.90. The second kappa shape index (κ2) is 6.29. The Balaban J connectivity index is 1.35. The number of carbonyl (C=O) groups excluding carboxylic acids is 2. The van der Waals surface area contributed by atoms with Crippen molar-refractivity contribution >= 4 is 11.8 Å². The van der Waals surface area contributed by atoms with Crippen molar-refractivity contribution in [3.8, 4) is 22.8 Å². The van der Waals surface area contributed by atoms with Crippen molar-refractivity contribution in [1.29, 1.82) is 0 Å². The molecule has 0 bridgehead atoms. The largest absolute Gasteiger partial charge is 0.454 e. The van der Waals surface area contributed by atoms with Crippen molar-refractivity contribution in [2.45, 2.75) is 38.3 Å². The van der Waals surface area contributed by atoms with E-state index >= 15 is 0 Å². The van der Waals surface area contributed by atoms with Crippen molar-refractivity contribution in [3.63, 3.8) is 0 Å². The quantitative estimate of drug-likeness (QED) is 0.853. The highest BCUT2D eigenvalue weighted by Crippen LogP contribution is 2.37. The Labute approximate surface area is 155 Å². The molecule has 140 valence electrons. The zero-order valence-electron chi connectivity index (χ0n) is 14.8. The van der Waals surface area contributed by atoms with Gasteiger partial charge in [0.15, 0.2) is 11.5 Å². The molecule has 8 nitrogen and oxygen atoms in total. The first-order valence-electron chi connectivity index (χ1n) is 9.20. The maximum Gasteiger partial charge on any atom is 0.231 e. The van der Waals surface area contributed by atoms with Crippen LogP contribution >= 0.6 is 0 Å². The van der Waals surface area contributed by atoms with Gasteiger partial charge < -0.3 is 19.7 Å². The number of benzene rings is 1. The number of nitrogens with one attached hydrogen (secondary N) is 2. The highest BCUT2D eigenvalue weighted by Gasteiger charge is 2.29. The fourth-order valence-electron chi connectivity index (χ4n) is 3.96.